The summed E-state index contributed by atoms with van der Waals surface area (Å²) in [6, 6.07) is 38.5. The van der Waals surface area contributed by atoms with Gasteiger partial charge in [0.2, 0.25) is 11.8 Å². The van der Waals surface area contributed by atoms with Crippen LogP contribution in [-0.4, -0.2) is 28.9 Å². The first-order valence-electron chi connectivity index (χ1n) is 15.2. The molecule has 1 heterocycles. The summed E-state index contributed by atoms with van der Waals surface area (Å²) in [6.45, 7) is 0. The van der Waals surface area contributed by atoms with Crippen LogP contribution in [0.25, 0.3) is 6.08 Å². The number of anilines is 2. The molecule has 1 aliphatic rings. The van der Waals surface area contributed by atoms with Crippen LogP contribution in [0.4, 0.5) is 22.7 Å². The smallest absolute Gasteiger partial charge is 0.272 e. The van der Waals surface area contributed by atoms with Crippen LogP contribution < -0.4 is 15.5 Å². The summed E-state index contributed by atoms with van der Waals surface area (Å²) >= 11 is 7.60. The standard InChI is InChI=1S/C38H28ClN5O4S/c39-32-14-8-7-11-26(32)23-33(41-36(46)25-9-3-1-4-10-25)37(47)40-27-17-21-31(22-18-27)49-34-24-35(45)44(38(34)48)30-19-15-29(16-20-30)43-42-28-12-5-2-6-13-28/h1-23,34H,24H2,(H,40,47)(H,41,46). The van der Waals surface area contributed by atoms with Gasteiger partial charge in [-0.2, -0.15) is 10.2 Å². The maximum Gasteiger partial charge on any atom is 0.272 e. The van der Waals surface area contributed by atoms with Crippen molar-refractivity contribution < 1.29 is 19.2 Å². The molecule has 0 aromatic heterocycles. The van der Waals surface area contributed by atoms with Crippen LogP contribution in [0.5, 0.6) is 0 Å². The maximum atomic E-state index is 13.4. The van der Waals surface area contributed by atoms with E-state index in [0.717, 1.165) is 4.90 Å². The summed E-state index contributed by atoms with van der Waals surface area (Å²) in [5.74, 6) is -1.60. The molecule has 1 atom stereocenters. The molecule has 1 unspecified atom stereocenters. The predicted octanol–water partition coefficient (Wildman–Crippen LogP) is 8.59. The Morgan fingerprint density at radius 1 is 0.755 bits per heavy atom. The zero-order chi connectivity index (χ0) is 34.2. The van der Waals surface area contributed by atoms with E-state index in [1.54, 1.807) is 103 Å². The van der Waals surface area contributed by atoms with Gasteiger partial charge in [0.1, 0.15) is 5.70 Å². The fourth-order valence-electron chi connectivity index (χ4n) is 4.92. The first-order chi connectivity index (χ1) is 23.8. The van der Waals surface area contributed by atoms with Crippen molar-refractivity contribution in [2.45, 2.75) is 16.6 Å². The minimum atomic E-state index is -0.608. The van der Waals surface area contributed by atoms with E-state index >= 15 is 0 Å². The van der Waals surface area contributed by atoms with Crippen LogP contribution in [0.3, 0.4) is 0 Å². The van der Waals surface area contributed by atoms with Gasteiger partial charge in [-0.3, -0.25) is 19.2 Å². The quantitative estimate of drug-likeness (QED) is 0.0867. The van der Waals surface area contributed by atoms with Gasteiger partial charge in [-0.25, -0.2) is 4.90 Å². The molecule has 0 spiro atoms. The molecule has 5 aromatic carbocycles. The fraction of sp³-hybridized carbons (Fsp3) is 0.0526. The van der Waals surface area contributed by atoms with Gasteiger partial charge in [-0.15, -0.1) is 11.8 Å². The van der Waals surface area contributed by atoms with E-state index in [-0.39, 0.29) is 23.9 Å². The molecule has 0 aliphatic carbocycles. The topological polar surface area (TPSA) is 120 Å². The highest BCUT2D eigenvalue weighted by molar-refractivity contribution is 8.00. The lowest BCUT2D eigenvalue weighted by atomic mass is 10.1. The number of nitrogens with zero attached hydrogens (tertiary/aromatic N) is 3. The molecule has 1 fully saturated rings. The number of hydrogen-bond acceptors (Lipinski definition) is 7. The number of rotatable bonds is 10. The SMILES string of the molecule is O=C(Nc1ccc(SC2CC(=O)N(c3ccc(N=Nc4ccccc4)cc3)C2=O)cc1)C(=Cc1ccccc1Cl)NC(=O)c1ccccc1. The molecular weight excluding hydrogens is 658 g/mol. The van der Waals surface area contributed by atoms with Crippen LogP contribution >= 0.6 is 23.4 Å². The number of thioether (sulfide) groups is 1. The molecule has 1 aliphatic heterocycles. The Bertz CT molecular complexity index is 2050. The minimum absolute atomic E-state index is 0.00264. The first kappa shape index (κ1) is 33.1. The molecule has 1 saturated heterocycles. The molecule has 0 radical (unpaired) electrons. The zero-order valence-corrected chi connectivity index (χ0v) is 27.4. The van der Waals surface area contributed by atoms with Gasteiger partial charge in [-0.05, 0) is 90.5 Å². The Kier molecular flexibility index (Phi) is 10.4. The Labute approximate surface area is 291 Å². The number of halogens is 1. The summed E-state index contributed by atoms with van der Waals surface area (Å²) in [4.78, 5) is 54.4. The van der Waals surface area contributed by atoms with Gasteiger partial charge in [0.15, 0.2) is 0 Å². The lowest BCUT2D eigenvalue weighted by Crippen LogP contribution is -2.31. The number of amides is 4. The number of azo groups is 1. The van der Waals surface area contributed by atoms with Crippen LogP contribution in [0.1, 0.15) is 22.3 Å². The van der Waals surface area contributed by atoms with Crippen molar-refractivity contribution in [2.75, 3.05) is 10.2 Å². The Morgan fingerprint density at radius 2 is 1.37 bits per heavy atom. The summed E-state index contributed by atoms with van der Waals surface area (Å²) in [5.41, 5.74) is 3.20. The van der Waals surface area contributed by atoms with Crippen molar-refractivity contribution in [3.63, 3.8) is 0 Å². The van der Waals surface area contributed by atoms with Crippen LogP contribution in [0, 0.1) is 0 Å². The Balaban J connectivity index is 1.10. The second kappa shape index (κ2) is 15.4. The second-order valence-electron chi connectivity index (χ2n) is 10.8. The molecule has 6 rings (SSSR count). The third-order valence-corrected chi connectivity index (χ3v) is 8.92. The van der Waals surface area contributed by atoms with Crippen molar-refractivity contribution in [3.8, 4) is 0 Å². The molecule has 0 saturated carbocycles. The van der Waals surface area contributed by atoms with Gasteiger partial charge < -0.3 is 10.6 Å². The number of carbonyl (C=O) groups is 4. The zero-order valence-electron chi connectivity index (χ0n) is 25.8. The average Bonchev–Trinajstić information content (AvgIpc) is 3.41. The molecular formula is C38H28ClN5O4S. The van der Waals surface area contributed by atoms with E-state index in [1.807, 2.05) is 30.3 Å². The Hall–Kier alpha value is -5.84. The van der Waals surface area contributed by atoms with Crippen molar-refractivity contribution in [2.24, 2.45) is 10.2 Å². The first-order valence-corrected chi connectivity index (χ1v) is 16.4. The van der Waals surface area contributed by atoms with Crippen molar-refractivity contribution in [3.05, 3.63) is 155 Å². The van der Waals surface area contributed by atoms with E-state index < -0.39 is 17.1 Å². The van der Waals surface area contributed by atoms with Crippen LogP contribution in [-0.2, 0) is 14.4 Å². The fourth-order valence-corrected chi connectivity index (χ4v) is 6.16. The van der Waals surface area contributed by atoms with Gasteiger partial charge in [0, 0.05) is 27.6 Å². The summed E-state index contributed by atoms with van der Waals surface area (Å²) in [5, 5.41) is 13.7. The average molecular weight is 686 g/mol. The van der Waals surface area contributed by atoms with Gasteiger partial charge in [-0.1, -0.05) is 66.2 Å². The minimum Gasteiger partial charge on any atom is -0.321 e. The molecule has 11 heteroatoms. The highest BCUT2D eigenvalue weighted by atomic mass is 35.5. The number of benzene rings is 5. The molecule has 0 bridgehead atoms. The van der Waals surface area contributed by atoms with Crippen LogP contribution in [0.2, 0.25) is 5.02 Å². The number of nitrogens with one attached hydrogen (secondary N) is 2. The number of hydrogen-bond donors (Lipinski definition) is 2. The molecule has 5 aromatic rings. The molecule has 4 amide bonds. The third-order valence-electron chi connectivity index (χ3n) is 7.37. The van der Waals surface area contributed by atoms with Crippen molar-refractivity contribution in [1.29, 1.82) is 0 Å². The van der Waals surface area contributed by atoms with E-state index in [4.69, 9.17) is 11.6 Å². The van der Waals surface area contributed by atoms with E-state index in [2.05, 4.69) is 20.9 Å². The predicted molar refractivity (Wildman–Crippen MR) is 192 cm³/mol. The molecule has 242 valence electrons. The van der Waals surface area contributed by atoms with Gasteiger partial charge >= 0.3 is 0 Å². The van der Waals surface area contributed by atoms with Crippen molar-refractivity contribution in [1.82, 2.24) is 5.32 Å². The highest BCUT2D eigenvalue weighted by Crippen LogP contribution is 2.35. The Morgan fingerprint density at radius 3 is 2.04 bits per heavy atom. The monoisotopic (exact) mass is 685 g/mol. The van der Waals surface area contributed by atoms with Gasteiger partial charge in [0.05, 0.1) is 22.3 Å². The summed E-state index contributed by atoms with van der Waals surface area (Å²) < 4.78 is 0. The second-order valence-corrected chi connectivity index (χ2v) is 12.5. The summed E-state index contributed by atoms with van der Waals surface area (Å²) in [7, 11) is 0. The lowest BCUT2D eigenvalue weighted by Gasteiger charge is -2.15. The largest absolute Gasteiger partial charge is 0.321 e. The molecule has 49 heavy (non-hydrogen) atoms. The van der Waals surface area contributed by atoms with Crippen LogP contribution in [0.15, 0.2) is 154 Å². The number of carbonyl (C=O) groups excluding carboxylic acids is 4. The lowest BCUT2D eigenvalue weighted by molar-refractivity contribution is -0.121. The van der Waals surface area contributed by atoms with E-state index in [1.165, 1.54) is 22.7 Å². The van der Waals surface area contributed by atoms with E-state index in [0.29, 0.717) is 38.9 Å². The molecule has 2 N–H and O–H groups in total. The summed E-state index contributed by atoms with van der Waals surface area (Å²) in [6.07, 6.45) is 1.56. The third kappa shape index (κ3) is 8.36. The highest BCUT2D eigenvalue weighted by Gasteiger charge is 2.40. The normalized spacial score (nSPS) is 14.7. The van der Waals surface area contributed by atoms with Gasteiger partial charge in [0.25, 0.3) is 11.8 Å². The number of imide groups is 1. The molecule has 9 nitrogen and oxygen atoms in total. The maximum absolute atomic E-state index is 13.4. The van der Waals surface area contributed by atoms with Crippen molar-refractivity contribution >= 4 is 75.8 Å². The van der Waals surface area contributed by atoms with E-state index in [9.17, 15) is 19.2 Å².